The van der Waals surface area contributed by atoms with E-state index in [0.717, 1.165) is 0 Å². The molecule has 0 saturated carbocycles. The molecule has 0 aliphatic heterocycles. The van der Waals surface area contributed by atoms with E-state index >= 15 is 0 Å². The second kappa shape index (κ2) is 13.4. The molecule has 0 aromatic rings. The van der Waals surface area contributed by atoms with Crippen LogP contribution in [0.4, 0.5) is 0 Å². The van der Waals surface area contributed by atoms with Crippen molar-refractivity contribution < 1.29 is 9.90 Å². The first-order valence-corrected chi connectivity index (χ1v) is 7.53. The van der Waals surface area contributed by atoms with E-state index in [1.807, 2.05) is 0 Å². The molecule has 0 amide bonds. The Balaban J connectivity index is 4.50. The molecule has 0 aliphatic rings. The number of hydrazone groups is 2. The van der Waals surface area contributed by atoms with Crippen LogP contribution in [-0.4, -0.2) is 46.8 Å². The van der Waals surface area contributed by atoms with Gasteiger partial charge in [0, 0.05) is 26.4 Å². The van der Waals surface area contributed by atoms with Gasteiger partial charge in [-0.2, -0.15) is 10.2 Å². The zero-order valence-corrected chi connectivity index (χ0v) is 14.6. The van der Waals surface area contributed by atoms with Gasteiger partial charge in [0.05, 0.1) is 18.3 Å². The van der Waals surface area contributed by atoms with Gasteiger partial charge in [-0.15, -0.1) is 11.8 Å². The number of hydrogen-bond donors (Lipinski definition) is 5. The lowest BCUT2D eigenvalue weighted by molar-refractivity contribution is -0.136. The smallest absolute Gasteiger partial charge is 0.303 e. The van der Waals surface area contributed by atoms with Crippen LogP contribution in [0.15, 0.2) is 10.2 Å². The van der Waals surface area contributed by atoms with E-state index in [0.29, 0.717) is 28.9 Å². The van der Waals surface area contributed by atoms with Crippen molar-refractivity contribution in [1.82, 2.24) is 21.5 Å². The number of rotatable bonds is 8. The fourth-order valence-corrected chi connectivity index (χ4v) is 1.33. The Labute approximate surface area is 146 Å². The van der Waals surface area contributed by atoms with E-state index in [4.69, 9.17) is 29.5 Å². The molecule has 0 aromatic heterocycles. The predicted molar refractivity (Wildman–Crippen MR) is 99.4 cm³/mol. The molecule has 0 radical (unpaired) electrons. The first-order chi connectivity index (χ1) is 11.0. The highest BCUT2D eigenvalue weighted by Crippen LogP contribution is 1.91. The molecule has 0 heterocycles. The summed E-state index contributed by atoms with van der Waals surface area (Å²) in [7, 11) is 1.65. The summed E-state index contributed by atoms with van der Waals surface area (Å²) in [6.07, 6.45) is 2.17. The summed E-state index contributed by atoms with van der Waals surface area (Å²) in [6.45, 7) is 2.36. The Morgan fingerprint density at radius 2 is 2.00 bits per heavy atom. The van der Waals surface area contributed by atoms with Crippen LogP contribution in [0.25, 0.3) is 0 Å². The fraction of sp³-hybridized carbons (Fsp3) is 0.462. The summed E-state index contributed by atoms with van der Waals surface area (Å²) >= 11 is 9.91. The van der Waals surface area contributed by atoms with Crippen molar-refractivity contribution in [2.24, 2.45) is 10.2 Å². The molecular weight excluding hydrogens is 336 g/mol. The molecule has 0 rings (SSSR count). The maximum Gasteiger partial charge on any atom is 0.303 e. The van der Waals surface area contributed by atoms with Crippen molar-refractivity contribution in [2.45, 2.75) is 26.2 Å². The van der Waals surface area contributed by atoms with Crippen molar-refractivity contribution in [1.29, 1.82) is 0 Å². The van der Waals surface area contributed by atoms with Gasteiger partial charge >= 0.3 is 5.97 Å². The van der Waals surface area contributed by atoms with Gasteiger partial charge in [0.25, 0.3) is 0 Å². The molecule has 0 saturated heterocycles. The molecule has 8 nitrogen and oxygen atoms in total. The van der Waals surface area contributed by atoms with Gasteiger partial charge < -0.3 is 15.7 Å². The molecule has 0 aliphatic carbocycles. The number of carboxylic acids is 1. The molecule has 23 heavy (non-hydrogen) atoms. The van der Waals surface area contributed by atoms with Crippen molar-refractivity contribution in [2.75, 3.05) is 13.6 Å². The van der Waals surface area contributed by atoms with Crippen LogP contribution in [-0.2, 0) is 4.79 Å². The Bertz CT molecular complexity index is 536. The van der Waals surface area contributed by atoms with Crippen LogP contribution in [0, 0.1) is 11.8 Å². The van der Waals surface area contributed by atoms with E-state index in [1.165, 1.54) is 6.21 Å². The number of carbonyl (C=O) groups is 1. The molecule has 5 N–H and O–H groups in total. The molecule has 0 atom stereocenters. The van der Waals surface area contributed by atoms with Gasteiger partial charge in [0.2, 0.25) is 0 Å². The van der Waals surface area contributed by atoms with Gasteiger partial charge in [0.15, 0.2) is 10.2 Å². The summed E-state index contributed by atoms with van der Waals surface area (Å²) in [5.74, 6) is 4.75. The number of aliphatic carboxylic acids is 1. The summed E-state index contributed by atoms with van der Waals surface area (Å²) in [6, 6.07) is 0. The summed E-state index contributed by atoms with van der Waals surface area (Å²) < 4.78 is 0. The highest BCUT2D eigenvalue weighted by Gasteiger charge is 2.03. The highest BCUT2D eigenvalue weighted by atomic mass is 32.1. The second-order valence-electron chi connectivity index (χ2n) is 3.99. The first kappa shape index (κ1) is 20.8. The monoisotopic (exact) mass is 356 g/mol. The van der Waals surface area contributed by atoms with Crippen LogP contribution in [0.3, 0.4) is 0 Å². The van der Waals surface area contributed by atoms with Crippen LogP contribution in [0.1, 0.15) is 26.2 Å². The fourth-order valence-electron chi connectivity index (χ4n) is 1.13. The van der Waals surface area contributed by atoms with Crippen molar-refractivity contribution in [3.05, 3.63) is 0 Å². The number of nitrogens with one attached hydrogen (secondary N) is 4. The van der Waals surface area contributed by atoms with Gasteiger partial charge in [-0.3, -0.25) is 15.6 Å². The summed E-state index contributed by atoms with van der Waals surface area (Å²) in [5, 5.41) is 22.9. The zero-order chi connectivity index (χ0) is 17.5. The minimum Gasteiger partial charge on any atom is -0.481 e. The van der Waals surface area contributed by atoms with Crippen LogP contribution in [0.5, 0.6) is 0 Å². The zero-order valence-electron chi connectivity index (χ0n) is 13.0. The third kappa shape index (κ3) is 13.2. The lowest BCUT2D eigenvalue weighted by atomic mass is 10.2. The first-order valence-electron chi connectivity index (χ1n) is 6.72. The molecule has 126 valence electrons. The third-order valence-corrected chi connectivity index (χ3v) is 2.75. The third-order valence-electron chi connectivity index (χ3n) is 2.22. The van der Waals surface area contributed by atoms with Crippen LogP contribution in [0.2, 0.25) is 0 Å². The van der Waals surface area contributed by atoms with Gasteiger partial charge in [-0.1, -0.05) is 0 Å². The Kier molecular flexibility index (Phi) is 12.1. The maximum atomic E-state index is 10.7. The van der Waals surface area contributed by atoms with E-state index < -0.39 is 5.97 Å². The Hall–Kier alpha value is -2.25. The molecule has 0 aromatic carbocycles. The SMILES string of the molecule is CC#CCCNC(=S)N/N=C(\C=N\NC(=S)NC)CCC(=O)O. The van der Waals surface area contributed by atoms with Gasteiger partial charge in [-0.25, -0.2) is 0 Å². The topological polar surface area (TPSA) is 110 Å². The summed E-state index contributed by atoms with van der Waals surface area (Å²) in [5.41, 5.74) is 5.60. The van der Waals surface area contributed by atoms with Crippen molar-refractivity contribution >= 4 is 52.6 Å². The number of hydrogen-bond acceptors (Lipinski definition) is 5. The quantitative estimate of drug-likeness (QED) is 0.138. The van der Waals surface area contributed by atoms with Gasteiger partial charge in [-0.05, 0) is 31.4 Å². The highest BCUT2D eigenvalue weighted by molar-refractivity contribution is 7.80. The average molecular weight is 356 g/mol. The molecule has 0 unspecified atom stereocenters. The molecule has 0 spiro atoms. The lowest BCUT2D eigenvalue weighted by Crippen LogP contribution is -2.33. The van der Waals surface area contributed by atoms with Gasteiger partial charge in [0.1, 0.15) is 0 Å². The molecule has 0 bridgehead atoms. The van der Waals surface area contributed by atoms with Crippen molar-refractivity contribution in [3.8, 4) is 11.8 Å². The molecule has 10 heteroatoms. The van der Waals surface area contributed by atoms with E-state index in [9.17, 15) is 4.79 Å². The predicted octanol–water partition coefficient (Wildman–Crippen LogP) is 0.164. The van der Waals surface area contributed by atoms with E-state index in [2.05, 4.69) is 43.5 Å². The van der Waals surface area contributed by atoms with Crippen LogP contribution < -0.4 is 21.5 Å². The second-order valence-corrected chi connectivity index (χ2v) is 4.81. The van der Waals surface area contributed by atoms with E-state index in [-0.39, 0.29) is 12.8 Å². The molecular formula is C13H20N6O2S2. The number of thiocarbonyl (C=S) groups is 2. The van der Waals surface area contributed by atoms with E-state index in [1.54, 1.807) is 14.0 Å². The minimum absolute atomic E-state index is 0.0741. The normalized spacial score (nSPS) is 10.4. The number of nitrogens with zero attached hydrogens (tertiary/aromatic N) is 2. The summed E-state index contributed by atoms with van der Waals surface area (Å²) in [4.78, 5) is 10.7. The van der Waals surface area contributed by atoms with Crippen LogP contribution >= 0.6 is 24.4 Å². The Morgan fingerprint density at radius 1 is 1.26 bits per heavy atom. The average Bonchev–Trinajstić information content (AvgIpc) is 2.53. The molecule has 0 fully saturated rings. The number of carboxylic acid groups (broad SMARTS) is 1. The standard InChI is InChI=1S/C13H20N6O2S2/c1-3-4-5-8-15-13(23)19-17-10(6-7-11(20)21)9-16-18-12(22)14-2/h9H,5-8H2,1-2H3,(H,20,21)(H2,14,18,22)(H2,15,19,23)/b16-9+,17-10-. The maximum absolute atomic E-state index is 10.7. The Morgan fingerprint density at radius 3 is 2.61 bits per heavy atom. The van der Waals surface area contributed by atoms with Crippen molar-refractivity contribution in [3.63, 3.8) is 0 Å². The largest absolute Gasteiger partial charge is 0.481 e. The minimum atomic E-state index is -0.927. The lowest BCUT2D eigenvalue weighted by Gasteiger charge is -2.06.